The van der Waals surface area contributed by atoms with Crippen LogP contribution >= 0.6 is 0 Å². The quantitative estimate of drug-likeness (QED) is 0.569. The first-order valence-corrected chi connectivity index (χ1v) is 9.20. The molecule has 2 aromatic heterocycles. The van der Waals surface area contributed by atoms with Crippen LogP contribution in [0.5, 0.6) is 0 Å². The number of esters is 1. The van der Waals surface area contributed by atoms with E-state index in [1.807, 2.05) is 30.5 Å². The third-order valence-corrected chi connectivity index (χ3v) is 4.75. The molecule has 0 saturated heterocycles. The number of amides is 1. The number of nitrogens with zero attached hydrogens (tertiary/aromatic N) is 2. The summed E-state index contributed by atoms with van der Waals surface area (Å²) < 4.78 is 25.8. The molecule has 2 heterocycles. The molecule has 0 aliphatic rings. The van der Waals surface area contributed by atoms with Gasteiger partial charge in [-0.1, -0.05) is 12.1 Å². The third kappa shape index (κ3) is 4.93. The van der Waals surface area contributed by atoms with Gasteiger partial charge in [-0.2, -0.15) is 0 Å². The number of hydrogen-bond donors (Lipinski definition) is 0. The summed E-state index contributed by atoms with van der Waals surface area (Å²) in [4.78, 5) is 26.1. The van der Waals surface area contributed by atoms with E-state index in [-0.39, 0.29) is 24.9 Å². The van der Waals surface area contributed by atoms with Crippen molar-refractivity contribution in [2.24, 2.45) is 0 Å². The zero-order valence-corrected chi connectivity index (χ0v) is 16.6. The van der Waals surface area contributed by atoms with Crippen LogP contribution in [0.2, 0.25) is 0 Å². The Labute approximate surface area is 168 Å². The van der Waals surface area contributed by atoms with Crippen LogP contribution in [0, 0.1) is 19.7 Å². The van der Waals surface area contributed by atoms with Crippen molar-refractivity contribution in [2.75, 3.05) is 13.7 Å². The molecule has 0 atom stereocenters. The van der Waals surface area contributed by atoms with Crippen molar-refractivity contribution in [1.29, 1.82) is 0 Å². The molecule has 0 aliphatic heterocycles. The van der Waals surface area contributed by atoms with Gasteiger partial charge in [-0.15, -0.1) is 0 Å². The Morgan fingerprint density at radius 3 is 2.66 bits per heavy atom. The van der Waals surface area contributed by atoms with E-state index in [1.165, 1.54) is 17.0 Å². The maximum Gasteiger partial charge on any atom is 0.340 e. The van der Waals surface area contributed by atoms with Gasteiger partial charge < -0.3 is 18.6 Å². The molecule has 0 fully saturated rings. The zero-order valence-electron chi connectivity index (χ0n) is 16.6. The Balaban J connectivity index is 1.59. The van der Waals surface area contributed by atoms with Crippen molar-refractivity contribution < 1.29 is 23.1 Å². The van der Waals surface area contributed by atoms with Crippen LogP contribution < -0.4 is 0 Å². The molecule has 3 rings (SSSR count). The van der Waals surface area contributed by atoms with Gasteiger partial charge in [0.1, 0.15) is 11.6 Å². The van der Waals surface area contributed by atoms with Crippen LogP contribution in [0.15, 0.2) is 53.1 Å². The monoisotopic (exact) mass is 398 g/mol. The van der Waals surface area contributed by atoms with Crippen LogP contribution in [0.25, 0.3) is 0 Å². The van der Waals surface area contributed by atoms with Gasteiger partial charge in [0.2, 0.25) is 0 Å². The van der Waals surface area contributed by atoms with Crippen molar-refractivity contribution >= 4 is 11.9 Å². The number of furan rings is 1. The summed E-state index contributed by atoms with van der Waals surface area (Å²) in [7, 11) is 1.58. The molecule has 0 radical (unpaired) electrons. The van der Waals surface area contributed by atoms with Crippen molar-refractivity contribution in [3.8, 4) is 0 Å². The average Bonchev–Trinajstić information content (AvgIpc) is 3.29. The number of carbonyl (C=O) groups is 2. The SMILES string of the molecule is Cc1cc(C(=O)OCC(=O)N(C)Cc2cccc(F)c2)c(C)n1Cc1ccco1. The number of likely N-dealkylation sites (N-methyl/N-ethyl adjacent to an activating group) is 1. The Kier molecular flexibility index (Phi) is 6.16. The summed E-state index contributed by atoms with van der Waals surface area (Å²) in [5.41, 5.74) is 2.70. The molecule has 0 aliphatic carbocycles. The highest BCUT2D eigenvalue weighted by atomic mass is 19.1. The van der Waals surface area contributed by atoms with Gasteiger partial charge in [0.05, 0.1) is 18.4 Å². The number of halogens is 1. The molecule has 0 N–H and O–H groups in total. The molecule has 29 heavy (non-hydrogen) atoms. The first-order chi connectivity index (χ1) is 13.8. The van der Waals surface area contributed by atoms with Gasteiger partial charge in [0, 0.05) is 25.0 Å². The molecule has 7 heteroatoms. The Bertz CT molecular complexity index is 1010. The van der Waals surface area contributed by atoms with Crippen LogP contribution in [-0.4, -0.2) is 35.0 Å². The lowest BCUT2D eigenvalue weighted by atomic mass is 10.2. The fourth-order valence-corrected chi connectivity index (χ4v) is 3.12. The van der Waals surface area contributed by atoms with Crippen LogP contribution in [-0.2, 0) is 22.6 Å². The van der Waals surface area contributed by atoms with Gasteiger partial charge in [-0.3, -0.25) is 4.79 Å². The summed E-state index contributed by atoms with van der Waals surface area (Å²) >= 11 is 0. The van der Waals surface area contributed by atoms with Gasteiger partial charge in [0.15, 0.2) is 6.61 Å². The number of aryl methyl sites for hydroxylation is 1. The van der Waals surface area contributed by atoms with E-state index >= 15 is 0 Å². The minimum Gasteiger partial charge on any atom is -0.467 e. The van der Waals surface area contributed by atoms with E-state index in [2.05, 4.69) is 0 Å². The van der Waals surface area contributed by atoms with Crippen molar-refractivity contribution in [1.82, 2.24) is 9.47 Å². The number of benzene rings is 1. The van der Waals surface area contributed by atoms with E-state index in [4.69, 9.17) is 9.15 Å². The maximum absolute atomic E-state index is 13.3. The number of aromatic nitrogens is 1. The van der Waals surface area contributed by atoms with Gasteiger partial charge >= 0.3 is 5.97 Å². The molecule has 0 unspecified atom stereocenters. The predicted molar refractivity (Wildman–Crippen MR) is 105 cm³/mol. The fourth-order valence-electron chi connectivity index (χ4n) is 3.12. The third-order valence-electron chi connectivity index (χ3n) is 4.75. The molecule has 0 bridgehead atoms. The highest BCUT2D eigenvalue weighted by molar-refractivity contribution is 5.92. The lowest BCUT2D eigenvalue weighted by Gasteiger charge is -2.17. The number of ether oxygens (including phenoxy) is 1. The Morgan fingerprint density at radius 1 is 1.17 bits per heavy atom. The molecule has 152 valence electrons. The average molecular weight is 398 g/mol. The number of carbonyl (C=O) groups excluding carboxylic acids is 2. The van der Waals surface area contributed by atoms with Crippen molar-refractivity contribution in [3.05, 3.63) is 82.8 Å². The standard InChI is InChI=1S/C22H23FN2O4/c1-15-10-20(16(2)25(15)13-19-8-5-9-28-19)22(27)29-14-21(26)24(3)12-17-6-4-7-18(23)11-17/h4-11H,12-14H2,1-3H3. The number of hydrogen-bond acceptors (Lipinski definition) is 4. The lowest BCUT2D eigenvalue weighted by molar-refractivity contribution is -0.133. The lowest BCUT2D eigenvalue weighted by Crippen LogP contribution is -2.30. The first-order valence-electron chi connectivity index (χ1n) is 9.20. The Morgan fingerprint density at radius 2 is 1.97 bits per heavy atom. The predicted octanol–water partition coefficient (Wildman–Crippen LogP) is 3.70. The van der Waals surface area contributed by atoms with Crippen LogP contribution in [0.3, 0.4) is 0 Å². The molecule has 1 aromatic carbocycles. The molecule has 6 nitrogen and oxygen atoms in total. The summed E-state index contributed by atoms with van der Waals surface area (Å²) in [6.45, 7) is 4.07. The zero-order chi connectivity index (χ0) is 21.0. The van der Waals surface area contributed by atoms with Crippen molar-refractivity contribution in [2.45, 2.75) is 26.9 Å². The van der Waals surface area contributed by atoms with E-state index in [0.29, 0.717) is 17.7 Å². The smallest absolute Gasteiger partial charge is 0.340 e. The second-order valence-electron chi connectivity index (χ2n) is 6.91. The molecule has 0 spiro atoms. The second kappa shape index (κ2) is 8.77. The van der Waals surface area contributed by atoms with Crippen LogP contribution in [0.4, 0.5) is 4.39 Å². The molecule has 3 aromatic rings. The summed E-state index contributed by atoms with van der Waals surface area (Å²) in [5, 5.41) is 0. The van der Waals surface area contributed by atoms with E-state index in [9.17, 15) is 14.0 Å². The molecule has 1 amide bonds. The largest absolute Gasteiger partial charge is 0.467 e. The molecular formula is C22H23FN2O4. The summed E-state index contributed by atoms with van der Waals surface area (Å²) in [6.07, 6.45) is 1.60. The number of rotatable bonds is 7. The van der Waals surface area contributed by atoms with Crippen LogP contribution in [0.1, 0.15) is 33.1 Å². The van der Waals surface area contributed by atoms with Gasteiger partial charge in [-0.05, 0) is 49.7 Å². The normalized spacial score (nSPS) is 10.8. The van der Waals surface area contributed by atoms with Gasteiger partial charge in [-0.25, -0.2) is 9.18 Å². The maximum atomic E-state index is 13.3. The van der Waals surface area contributed by atoms with E-state index < -0.39 is 5.97 Å². The fraction of sp³-hybridized carbons (Fsp3) is 0.273. The highest BCUT2D eigenvalue weighted by Gasteiger charge is 2.19. The van der Waals surface area contributed by atoms with Gasteiger partial charge in [0.25, 0.3) is 5.91 Å². The highest BCUT2D eigenvalue weighted by Crippen LogP contribution is 2.18. The minimum absolute atomic E-state index is 0.228. The topological polar surface area (TPSA) is 64.7 Å². The second-order valence-corrected chi connectivity index (χ2v) is 6.91. The van der Waals surface area contributed by atoms with E-state index in [1.54, 1.807) is 31.5 Å². The summed E-state index contributed by atoms with van der Waals surface area (Å²) in [5.74, 6) is -0.510. The van der Waals surface area contributed by atoms with E-state index in [0.717, 1.165) is 17.1 Å². The summed E-state index contributed by atoms with van der Waals surface area (Å²) in [6, 6.07) is 11.4. The minimum atomic E-state index is -0.559. The first kappa shape index (κ1) is 20.4. The molecule has 0 saturated carbocycles. The Hall–Kier alpha value is -3.35. The molecular weight excluding hydrogens is 375 g/mol. The van der Waals surface area contributed by atoms with Crippen molar-refractivity contribution in [3.63, 3.8) is 0 Å².